The molecule has 0 aromatic carbocycles. The predicted molar refractivity (Wildman–Crippen MR) is 99.9 cm³/mol. The monoisotopic (exact) mass is 378 g/mol. The molecule has 1 saturated heterocycles. The van der Waals surface area contributed by atoms with Gasteiger partial charge < -0.3 is 20.6 Å². The molecule has 2 aromatic rings. The molecule has 9 nitrogen and oxygen atoms in total. The second-order valence-corrected chi connectivity index (χ2v) is 6.88. The van der Waals surface area contributed by atoms with Gasteiger partial charge >= 0.3 is 0 Å². The average Bonchev–Trinajstić information content (AvgIpc) is 3.13. The van der Waals surface area contributed by atoms with Gasteiger partial charge in [0.2, 0.25) is 5.13 Å². The molecule has 0 unspecified atom stereocenters. The van der Waals surface area contributed by atoms with Crippen LogP contribution in [0.15, 0.2) is 18.3 Å². The molecule has 1 aliphatic heterocycles. The van der Waals surface area contributed by atoms with Crippen molar-refractivity contribution in [2.45, 2.75) is 19.8 Å². The molecule has 0 aliphatic carbocycles. The second-order valence-electron chi connectivity index (χ2n) is 5.90. The number of hydrogen-bond donors (Lipinski definition) is 2. The zero-order valence-electron chi connectivity index (χ0n) is 14.7. The van der Waals surface area contributed by atoms with Gasteiger partial charge in [-0.15, -0.1) is 10.2 Å². The van der Waals surface area contributed by atoms with Gasteiger partial charge in [-0.1, -0.05) is 25.2 Å². The van der Waals surface area contributed by atoms with Crippen LogP contribution in [0, 0.1) is 0 Å². The molecule has 10 heteroatoms. The molecule has 0 atom stereocenters. The topological polar surface area (TPSA) is 126 Å². The predicted octanol–water partition coefficient (Wildman–Crippen LogP) is 1.18. The Hall–Kier alpha value is -2.75. The Morgan fingerprint density at radius 3 is 2.42 bits per heavy atom. The van der Waals surface area contributed by atoms with Gasteiger partial charge in [-0.25, -0.2) is 4.98 Å². The van der Waals surface area contributed by atoms with E-state index < -0.39 is 5.91 Å². The van der Waals surface area contributed by atoms with Gasteiger partial charge in [-0.2, -0.15) is 0 Å². The van der Waals surface area contributed by atoms with Gasteiger partial charge in [0.15, 0.2) is 0 Å². The Labute approximate surface area is 155 Å². The second kappa shape index (κ2) is 9.09. The van der Waals surface area contributed by atoms with E-state index in [1.165, 1.54) is 0 Å². The average molecular weight is 378 g/mol. The summed E-state index contributed by atoms with van der Waals surface area (Å²) >= 11 is 1.65. The first-order valence-corrected chi connectivity index (χ1v) is 8.95. The molecule has 1 aliphatic rings. The lowest BCUT2D eigenvalue weighted by atomic mass is 10.2. The molecule has 26 heavy (non-hydrogen) atoms. The van der Waals surface area contributed by atoms with Crippen molar-refractivity contribution in [3.05, 3.63) is 28.9 Å². The first-order chi connectivity index (χ1) is 12.5. The van der Waals surface area contributed by atoms with Gasteiger partial charge in [-0.3, -0.25) is 9.59 Å². The fourth-order valence-electron chi connectivity index (χ4n) is 2.54. The smallest absolute Gasteiger partial charge is 0.290 e. The number of aromatic nitrogens is 3. The SMILES string of the molecule is CC(C)c1nnc(N2CCN(c3ncccc3C(N)=O)CC2)s1.O=CO. The number of carboxylic acid groups (broad SMARTS) is 1. The van der Waals surface area contributed by atoms with Crippen molar-refractivity contribution < 1.29 is 14.7 Å². The van der Waals surface area contributed by atoms with Crippen molar-refractivity contribution in [3.8, 4) is 0 Å². The van der Waals surface area contributed by atoms with E-state index in [0.29, 0.717) is 17.3 Å². The van der Waals surface area contributed by atoms with Crippen LogP contribution in [0.2, 0.25) is 0 Å². The number of amides is 1. The van der Waals surface area contributed by atoms with Crippen molar-refractivity contribution in [1.82, 2.24) is 15.2 Å². The maximum Gasteiger partial charge on any atom is 0.290 e. The standard InChI is InChI=1S/C15H20N6OS.CH2O2/c1-10(2)14-18-19-15(23-14)21-8-6-20(7-9-21)13-11(12(16)22)4-3-5-17-13;2-1-3/h3-5,10H,6-9H2,1-2H3,(H2,16,22);1H,(H,2,3). The third kappa shape index (κ3) is 4.66. The number of hydrogen-bond acceptors (Lipinski definition) is 8. The van der Waals surface area contributed by atoms with Crippen molar-refractivity contribution in [1.29, 1.82) is 0 Å². The van der Waals surface area contributed by atoms with Gasteiger partial charge in [0.25, 0.3) is 12.4 Å². The molecule has 0 spiro atoms. The van der Waals surface area contributed by atoms with Crippen LogP contribution in [0.5, 0.6) is 0 Å². The largest absolute Gasteiger partial charge is 0.483 e. The van der Waals surface area contributed by atoms with Crippen LogP contribution in [0.25, 0.3) is 0 Å². The molecule has 3 N–H and O–H groups in total. The molecule has 0 saturated carbocycles. The number of primary amides is 1. The fraction of sp³-hybridized carbons (Fsp3) is 0.438. The van der Waals surface area contributed by atoms with E-state index >= 15 is 0 Å². The van der Waals surface area contributed by atoms with Crippen molar-refractivity contribution in [3.63, 3.8) is 0 Å². The quantitative estimate of drug-likeness (QED) is 0.760. The summed E-state index contributed by atoms with van der Waals surface area (Å²) in [4.78, 5) is 28.6. The summed E-state index contributed by atoms with van der Waals surface area (Å²) in [6.07, 6.45) is 1.69. The van der Waals surface area contributed by atoms with Crippen LogP contribution >= 0.6 is 11.3 Å². The maximum absolute atomic E-state index is 11.5. The van der Waals surface area contributed by atoms with E-state index in [1.807, 2.05) is 0 Å². The van der Waals surface area contributed by atoms with E-state index in [1.54, 1.807) is 29.7 Å². The Morgan fingerprint density at radius 2 is 1.88 bits per heavy atom. The van der Waals surface area contributed by atoms with Crippen LogP contribution in [0.1, 0.15) is 35.1 Å². The Bertz CT molecular complexity index is 743. The van der Waals surface area contributed by atoms with E-state index in [9.17, 15) is 4.79 Å². The number of piperazine rings is 1. The van der Waals surface area contributed by atoms with E-state index in [4.69, 9.17) is 15.6 Å². The van der Waals surface area contributed by atoms with Crippen LogP contribution < -0.4 is 15.5 Å². The zero-order valence-corrected chi connectivity index (χ0v) is 15.5. The summed E-state index contributed by atoms with van der Waals surface area (Å²) in [7, 11) is 0. The normalized spacial score (nSPS) is 14.0. The third-order valence-electron chi connectivity index (χ3n) is 3.83. The van der Waals surface area contributed by atoms with Crippen molar-refractivity contribution in [2.24, 2.45) is 5.73 Å². The number of pyridine rings is 1. The lowest BCUT2D eigenvalue weighted by Crippen LogP contribution is -2.47. The summed E-state index contributed by atoms with van der Waals surface area (Å²) in [5, 5.41) is 17.4. The van der Waals surface area contributed by atoms with E-state index in [2.05, 4.69) is 38.8 Å². The molecule has 0 bridgehead atoms. The minimum Gasteiger partial charge on any atom is -0.483 e. The summed E-state index contributed by atoms with van der Waals surface area (Å²) in [6, 6.07) is 3.45. The Morgan fingerprint density at radius 1 is 1.27 bits per heavy atom. The minimum atomic E-state index is -0.443. The molecule has 3 rings (SSSR count). The lowest BCUT2D eigenvalue weighted by Gasteiger charge is -2.35. The number of rotatable bonds is 4. The summed E-state index contributed by atoms with van der Waals surface area (Å²) < 4.78 is 0. The summed E-state index contributed by atoms with van der Waals surface area (Å²) in [5.74, 6) is 0.621. The van der Waals surface area contributed by atoms with Crippen molar-refractivity contribution >= 4 is 34.7 Å². The molecule has 1 fully saturated rings. The Balaban J connectivity index is 0.000000758. The number of nitrogens with two attached hydrogens (primary N) is 1. The van der Waals surface area contributed by atoms with Crippen LogP contribution in [0.4, 0.5) is 10.9 Å². The van der Waals surface area contributed by atoms with Gasteiger partial charge in [-0.05, 0) is 12.1 Å². The first kappa shape index (κ1) is 19.6. The molecule has 2 aromatic heterocycles. The van der Waals surface area contributed by atoms with E-state index in [-0.39, 0.29) is 6.47 Å². The molecule has 3 heterocycles. The summed E-state index contributed by atoms with van der Waals surface area (Å²) in [6.45, 7) is 7.17. The molecule has 1 amide bonds. The van der Waals surface area contributed by atoms with Crippen molar-refractivity contribution in [2.75, 3.05) is 36.0 Å². The minimum absolute atomic E-state index is 0.250. The number of nitrogens with zero attached hydrogens (tertiary/aromatic N) is 5. The number of carbonyl (C=O) groups is 2. The molecular weight excluding hydrogens is 356 g/mol. The van der Waals surface area contributed by atoms with E-state index in [0.717, 1.165) is 36.3 Å². The number of carbonyl (C=O) groups excluding carboxylic acids is 1. The highest BCUT2D eigenvalue weighted by Gasteiger charge is 2.23. The maximum atomic E-state index is 11.5. The van der Waals surface area contributed by atoms with Gasteiger partial charge in [0, 0.05) is 38.3 Å². The fourth-order valence-corrected chi connectivity index (χ4v) is 3.44. The molecule has 0 radical (unpaired) electrons. The first-order valence-electron chi connectivity index (χ1n) is 8.13. The Kier molecular flexibility index (Phi) is 6.84. The van der Waals surface area contributed by atoms with Crippen LogP contribution in [-0.2, 0) is 4.79 Å². The van der Waals surface area contributed by atoms with Gasteiger partial charge in [0.1, 0.15) is 10.8 Å². The highest BCUT2D eigenvalue weighted by atomic mass is 32.1. The lowest BCUT2D eigenvalue weighted by molar-refractivity contribution is -0.122. The zero-order chi connectivity index (χ0) is 19.1. The highest BCUT2D eigenvalue weighted by molar-refractivity contribution is 7.15. The van der Waals surface area contributed by atoms with Crippen LogP contribution in [0.3, 0.4) is 0 Å². The number of anilines is 2. The third-order valence-corrected chi connectivity index (χ3v) is 5.11. The van der Waals surface area contributed by atoms with Crippen LogP contribution in [-0.4, -0.2) is 58.8 Å². The highest BCUT2D eigenvalue weighted by Crippen LogP contribution is 2.27. The molecule has 140 valence electrons. The van der Waals surface area contributed by atoms with Gasteiger partial charge in [0.05, 0.1) is 5.56 Å². The summed E-state index contributed by atoms with van der Waals surface area (Å²) in [5.41, 5.74) is 5.91. The molecular formula is C16H22N6O3S.